The molecular weight excluding hydrogens is 382 g/mol. The van der Waals surface area contributed by atoms with Crippen LogP contribution in [0.5, 0.6) is 0 Å². The van der Waals surface area contributed by atoms with Crippen molar-refractivity contribution in [3.05, 3.63) is 58.9 Å². The Hall–Kier alpha value is -3.37. The highest BCUT2D eigenvalue weighted by Crippen LogP contribution is 2.22. The number of ether oxygens (including phenoxy) is 2. The molecule has 7 heteroatoms. The van der Waals surface area contributed by atoms with Crippen LogP contribution in [0.3, 0.4) is 0 Å². The molecule has 30 heavy (non-hydrogen) atoms. The van der Waals surface area contributed by atoms with Gasteiger partial charge < -0.3 is 19.4 Å². The number of carbonyl (C=O) groups is 2. The lowest BCUT2D eigenvalue weighted by Gasteiger charge is -2.14. The molecule has 0 saturated carbocycles. The van der Waals surface area contributed by atoms with Crippen molar-refractivity contribution in [2.24, 2.45) is 0 Å². The third-order valence-electron chi connectivity index (χ3n) is 5.06. The van der Waals surface area contributed by atoms with Gasteiger partial charge in [0.25, 0.3) is 5.91 Å². The van der Waals surface area contributed by atoms with Crippen molar-refractivity contribution in [3.8, 4) is 6.07 Å². The summed E-state index contributed by atoms with van der Waals surface area (Å²) in [4.78, 5) is 24.2. The molecule has 0 radical (unpaired) electrons. The van der Waals surface area contributed by atoms with Crippen LogP contribution in [-0.2, 0) is 25.6 Å². The molecule has 156 valence electrons. The van der Waals surface area contributed by atoms with Crippen molar-refractivity contribution in [3.63, 3.8) is 0 Å². The molecule has 2 heterocycles. The standard InChI is InChI=1S/C23H25N3O4/c1-16-11-18(17(2)26(16)14-21-9-6-10-29-21)12-19(13-24)23(28)30-15-22(27)25-20-7-4-3-5-8-20/h3-5,7-8,11-12,21H,6,9-10,14-15H2,1-2H3,(H,25,27)/b19-12+/t21-/m1/s1. The van der Waals surface area contributed by atoms with Gasteiger partial charge >= 0.3 is 5.97 Å². The second-order valence-corrected chi connectivity index (χ2v) is 7.23. The summed E-state index contributed by atoms with van der Waals surface area (Å²) in [6.45, 7) is 5.00. The first-order chi connectivity index (χ1) is 14.5. The Morgan fingerprint density at radius 3 is 2.77 bits per heavy atom. The molecule has 1 aromatic heterocycles. The van der Waals surface area contributed by atoms with Crippen LogP contribution in [-0.4, -0.2) is 35.8 Å². The second-order valence-electron chi connectivity index (χ2n) is 7.23. The van der Waals surface area contributed by atoms with E-state index >= 15 is 0 Å². The van der Waals surface area contributed by atoms with Gasteiger partial charge in [0.1, 0.15) is 11.6 Å². The van der Waals surface area contributed by atoms with Crippen LogP contribution in [0.25, 0.3) is 6.08 Å². The van der Waals surface area contributed by atoms with Crippen LogP contribution in [0, 0.1) is 25.2 Å². The number of nitriles is 1. The number of amides is 1. The van der Waals surface area contributed by atoms with E-state index in [0.717, 1.165) is 42.9 Å². The number of anilines is 1. The molecule has 1 N–H and O–H groups in total. The highest BCUT2D eigenvalue weighted by Gasteiger charge is 2.20. The predicted octanol–water partition coefficient (Wildman–Crippen LogP) is 3.37. The Morgan fingerprint density at radius 2 is 2.10 bits per heavy atom. The van der Waals surface area contributed by atoms with Crippen molar-refractivity contribution in [1.82, 2.24) is 4.57 Å². The third-order valence-corrected chi connectivity index (χ3v) is 5.06. The first-order valence-corrected chi connectivity index (χ1v) is 9.90. The van der Waals surface area contributed by atoms with E-state index in [1.165, 1.54) is 6.08 Å². The van der Waals surface area contributed by atoms with E-state index in [-0.39, 0.29) is 11.7 Å². The smallest absolute Gasteiger partial charge is 0.349 e. The maximum absolute atomic E-state index is 12.3. The van der Waals surface area contributed by atoms with Crippen LogP contribution < -0.4 is 5.32 Å². The molecule has 1 saturated heterocycles. The molecule has 1 aliphatic rings. The number of para-hydroxylation sites is 1. The van der Waals surface area contributed by atoms with E-state index in [9.17, 15) is 14.9 Å². The number of esters is 1. The molecule has 7 nitrogen and oxygen atoms in total. The zero-order valence-electron chi connectivity index (χ0n) is 17.2. The van der Waals surface area contributed by atoms with Crippen molar-refractivity contribution in [2.45, 2.75) is 39.3 Å². The van der Waals surface area contributed by atoms with Crippen LogP contribution >= 0.6 is 0 Å². The first kappa shape index (κ1) is 21.3. The number of benzene rings is 1. The van der Waals surface area contributed by atoms with Gasteiger partial charge in [0.2, 0.25) is 0 Å². The van der Waals surface area contributed by atoms with E-state index in [1.54, 1.807) is 24.3 Å². The van der Waals surface area contributed by atoms with Gasteiger partial charge in [0.05, 0.1) is 6.10 Å². The molecule has 0 aliphatic carbocycles. The molecule has 1 aliphatic heterocycles. The topological polar surface area (TPSA) is 93.4 Å². The fraction of sp³-hybridized carbons (Fsp3) is 0.348. The number of rotatable bonds is 7. The highest BCUT2D eigenvalue weighted by molar-refractivity contribution is 6.00. The zero-order valence-corrected chi connectivity index (χ0v) is 17.2. The largest absolute Gasteiger partial charge is 0.451 e. The van der Waals surface area contributed by atoms with Crippen molar-refractivity contribution >= 4 is 23.6 Å². The number of carbonyl (C=O) groups excluding carboxylic acids is 2. The van der Waals surface area contributed by atoms with Gasteiger partial charge in [-0.1, -0.05) is 18.2 Å². The summed E-state index contributed by atoms with van der Waals surface area (Å²) in [7, 11) is 0. The molecule has 3 rings (SSSR count). The van der Waals surface area contributed by atoms with Gasteiger partial charge in [-0.2, -0.15) is 5.26 Å². The Morgan fingerprint density at radius 1 is 1.33 bits per heavy atom. The summed E-state index contributed by atoms with van der Waals surface area (Å²) >= 11 is 0. The maximum Gasteiger partial charge on any atom is 0.349 e. The molecule has 1 atom stereocenters. The monoisotopic (exact) mass is 407 g/mol. The zero-order chi connectivity index (χ0) is 21.5. The average molecular weight is 407 g/mol. The van der Waals surface area contributed by atoms with Crippen LogP contribution in [0.4, 0.5) is 5.69 Å². The van der Waals surface area contributed by atoms with Gasteiger partial charge in [0.15, 0.2) is 6.61 Å². The van der Waals surface area contributed by atoms with E-state index in [4.69, 9.17) is 9.47 Å². The molecule has 1 fully saturated rings. The van der Waals surface area contributed by atoms with E-state index < -0.39 is 18.5 Å². The number of nitrogens with one attached hydrogen (secondary N) is 1. The summed E-state index contributed by atoms with van der Waals surface area (Å²) in [5, 5.41) is 12.0. The fourth-order valence-corrected chi connectivity index (χ4v) is 3.47. The molecule has 0 unspecified atom stereocenters. The minimum absolute atomic E-state index is 0.153. The first-order valence-electron chi connectivity index (χ1n) is 9.90. The minimum atomic E-state index is -0.829. The van der Waals surface area contributed by atoms with Gasteiger partial charge in [-0.3, -0.25) is 4.79 Å². The summed E-state index contributed by atoms with van der Waals surface area (Å²) in [6, 6.07) is 12.7. The van der Waals surface area contributed by atoms with E-state index in [2.05, 4.69) is 9.88 Å². The van der Waals surface area contributed by atoms with Gasteiger partial charge in [-0.05, 0) is 56.5 Å². The van der Waals surface area contributed by atoms with E-state index in [1.807, 2.05) is 32.0 Å². The van der Waals surface area contributed by atoms with Crippen molar-refractivity contribution in [2.75, 3.05) is 18.5 Å². The number of hydrogen-bond donors (Lipinski definition) is 1. The van der Waals surface area contributed by atoms with E-state index in [0.29, 0.717) is 5.69 Å². The molecule has 0 spiro atoms. The number of hydrogen-bond acceptors (Lipinski definition) is 5. The number of aromatic nitrogens is 1. The number of nitrogens with zero attached hydrogens (tertiary/aromatic N) is 2. The average Bonchev–Trinajstić information content (AvgIpc) is 3.35. The lowest BCUT2D eigenvalue weighted by Crippen LogP contribution is -2.21. The lowest BCUT2D eigenvalue weighted by molar-refractivity contribution is -0.142. The molecular formula is C23H25N3O4. The Bertz CT molecular complexity index is 980. The van der Waals surface area contributed by atoms with Gasteiger partial charge in [0, 0.05) is 30.2 Å². The highest BCUT2D eigenvalue weighted by atomic mass is 16.5. The summed E-state index contributed by atoms with van der Waals surface area (Å²) < 4.78 is 12.9. The third kappa shape index (κ3) is 5.37. The Balaban J connectivity index is 1.64. The predicted molar refractivity (Wildman–Crippen MR) is 113 cm³/mol. The van der Waals surface area contributed by atoms with Crippen molar-refractivity contribution < 1.29 is 19.1 Å². The molecule has 2 aromatic rings. The van der Waals surface area contributed by atoms with Crippen LogP contribution in [0.1, 0.15) is 29.8 Å². The van der Waals surface area contributed by atoms with Crippen molar-refractivity contribution in [1.29, 1.82) is 5.26 Å². The maximum atomic E-state index is 12.3. The summed E-state index contributed by atoms with van der Waals surface area (Å²) in [5.74, 6) is -1.30. The van der Waals surface area contributed by atoms with Crippen LogP contribution in [0.15, 0.2) is 42.0 Å². The SMILES string of the molecule is Cc1cc(/C=C(\C#N)C(=O)OCC(=O)Nc2ccccc2)c(C)n1C[C@H]1CCCO1. The Kier molecular flexibility index (Phi) is 7.04. The van der Waals surface area contributed by atoms with Crippen LogP contribution in [0.2, 0.25) is 0 Å². The normalized spacial score (nSPS) is 16.2. The second kappa shape index (κ2) is 9.90. The fourth-order valence-electron chi connectivity index (χ4n) is 3.47. The summed E-state index contributed by atoms with van der Waals surface area (Å²) in [6.07, 6.45) is 3.80. The van der Waals surface area contributed by atoms with Gasteiger partial charge in [-0.25, -0.2) is 4.79 Å². The lowest BCUT2D eigenvalue weighted by atomic mass is 10.1. The number of aryl methyl sites for hydroxylation is 1. The summed E-state index contributed by atoms with van der Waals surface area (Å²) in [5.41, 5.74) is 3.20. The van der Waals surface area contributed by atoms with Gasteiger partial charge in [-0.15, -0.1) is 0 Å². The minimum Gasteiger partial charge on any atom is -0.451 e. The molecule has 1 amide bonds. The molecule has 0 bridgehead atoms. The quantitative estimate of drug-likeness (QED) is 0.431. The molecule has 1 aromatic carbocycles. The Labute approximate surface area is 175 Å².